The minimum atomic E-state index is -0.147. The molecule has 3 aliphatic rings. The van der Waals surface area contributed by atoms with E-state index in [9.17, 15) is 14.4 Å². The number of carbonyl (C=O) groups is 3. The number of rotatable bonds is 8. The van der Waals surface area contributed by atoms with Crippen molar-refractivity contribution in [3.05, 3.63) is 69.7 Å². The molecule has 1 aromatic carbocycles. The summed E-state index contributed by atoms with van der Waals surface area (Å²) in [7, 11) is 0. The van der Waals surface area contributed by atoms with E-state index in [2.05, 4.69) is 25.9 Å². The molecule has 0 aliphatic carbocycles. The van der Waals surface area contributed by atoms with Crippen molar-refractivity contribution >= 4 is 51.6 Å². The molecule has 5 heterocycles. The standard InChI is InChI=1S/C28H28N6O3S2/c35-25(19-9-11-29-13-19)31-12-17-3-5-18(6-4-17)23-14-32-27(39-23)20-15-34(16-20)28(37)22-7-8-24(38-22)33-26(36)21-2-1-10-30-21/h3-9,11,14,20-21,30H,1-2,10,12-13,15-16H2,(H,31,35)(H,33,36)/t21-/m0/s1. The summed E-state index contributed by atoms with van der Waals surface area (Å²) in [6.07, 6.45) is 7.14. The number of hydrogen-bond acceptors (Lipinski definition) is 8. The van der Waals surface area contributed by atoms with Gasteiger partial charge in [0.2, 0.25) is 11.8 Å². The molecular weight excluding hydrogens is 532 g/mol. The van der Waals surface area contributed by atoms with E-state index in [0.29, 0.717) is 41.6 Å². The summed E-state index contributed by atoms with van der Waals surface area (Å²) in [5.74, 6) is 0.0986. The molecule has 0 bridgehead atoms. The van der Waals surface area contributed by atoms with Gasteiger partial charge in [-0.25, -0.2) is 4.98 Å². The number of benzene rings is 1. The number of thiophene rings is 1. The van der Waals surface area contributed by atoms with E-state index in [-0.39, 0.29) is 29.7 Å². The predicted octanol–water partition coefficient (Wildman–Crippen LogP) is 3.43. The van der Waals surface area contributed by atoms with Gasteiger partial charge in [0.25, 0.3) is 5.91 Å². The normalized spacial score (nSPS) is 18.6. The lowest BCUT2D eigenvalue weighted by atomic mass is 10.0. The molecule has 3 aliphatic heterocycles. The van der Waals surface area contributed by atoms with Crippen LogP contribution in [0.1, 0.15) is 39.0 Å². The zero-order chi connectivity index (χ0) is 26.8. The fraction of sp³-hybridized carbons (Fsp3) is 0.321. The average molecular weight is 561 g/mol. The van der Waals surface area contributed by atoms with Crippen LogP contribution >= 0.6 is 22.7 Å². The van der Waals surface area contributed by atoms with Crippen LogP contribution in [0.25, 0.3) is 10.4 Å². The third kappa shape index (κ3) is 5.70. The molecule has 11 heteroatoms. The number of nitrogens with one attached hydrogen (secondary N) is 3. The van der Waals surface area contributed by atoms with Gasteiger partial charge in [-0.2, -0.15) is 0 Å². The van der Waals surface area contributed by atoms with Gasteiger partial charge in [0.05, 0.1) is 32.3 Å². The van der Waals surface area contributed by atoms with Crippen molar-refractivity contribution < 1.29 is 14.4 Å². The van der Waals surface area contributed by atoms with Crippen molar-refractivity contribution in [3.8, 4) is 10.4 Å². The number of hydrogen-bond donors (Lipinski definition) is 3. The largest absolute Gasteiger partial charge is 0.348 e. The molecule has 6 rings (SSSR count). The highest BCUT2D eigenvalue weighted by Crippen LogP contribution is 2.36. The summed E-state index contributed by atoms with van der Waals surface area (Å²) in [4.78, 5) is 49.6. The minimum Gasteiger partial charge on any atom is -0.348 e. The van der Waals surface area contributed by atoms with E-state index >= 15 is 0 Å². The van der Waals surface area contributed by atoms with Crippen LogP contribution in [0.4, 0.5) is 5.00 Å². The van der Waals surface area contributed by atoms with Crippen LogP contribution in [-0.4, -0.2) is 66.0 Å². The fourth-order valence-electron chi connectivity index (χ4n) is 4.78. The molecule has 1 atom stereocenters. The zero-order valence-electron chi connectivity index (χ0n) is 21.2. The van der Waals surface area contributed by atoms with Crippen LogP contribution in [-0.2, 0) is 16.1 Å². The number of allylic oxidation sites excluding steroid dienone is 1. The molecular formula is C28H28N6O3S2. The second-order valence-electron chi connectivity index (χ2n) is 9.83. The summed E-state index contributed by atoms with van der Waals surface area (Å²) >= 11 is 2.97. The first-order valence-electron chi connectivity index (χ1n) is 13.0. The fourth-order valence-corrected chi connectivity index (χ4v) is 6.66. The van der Waals surface area contributed by atoms with Gasteiger partial charge in [-0.1, -0.05) is 24.3 Å². The van der Waals surface area contributed by atoms with Crippen molar-refractivity contribution in [3.63, 3.8) is 0 Å². The van der Waals surface area contributed by atoms with Gasteiger partial charge in [-0.15, -0.1) is 22.7 Å². The number of likely N-dealkylation sites (tertiary alicyclic amines) is 1. The lowest BCUT2D eigenvalue weighted by Crippen LogP contribution is -2.48. The third-order valence-electron chi connectivity index (χ3n) is 7.11. The van der Waals surface area contributed by atoms with E-state index in [1.165, 1.54) is 11.3 Å². The van der Waals surface area contributed by atoms with E-state index in [1.807, 2.05) is 35.4 Å². The van der Waals surface area contributed by atoms with E-state index in [4.69, 9.17) is 0 Å². The number of aromatic nitrogens is 1. The molecule has 0 spiro atoms. The van der Waals surface area contributed by atoms with Crippen molar-refractivity contribution in [1.82, 2.24) is 20.5 Å². The number of amides is 3. The Morgan fingerprint density at radius 1 is 1.08 bits per heavy atom. The van der Waals surface area contributed by atoms with Gasteiger partial charge in [0.1, 0.15) is 0 Å². The quantitative estimate of drug-likeness (QED) is 0.391. The molecule has 3 aromatic rings. The zero-order valence-corrected chi connectivity index (χ0v) is 22.8. The lowest BCUT2D eigenvalue weighted by Gasteiger charge is -2.37. The van der Waals surface area contributed by atoms with Gasteiger partial charge in [-0.05, 0) is 48.7 Å². The van der Waals surface area contributed by atoms with Gasteiger partial charge in [0, 0.05) is 43.5 Å². The molecule has 0 radical (unpaired) electrons. The monoisotopic (exact) mass is 560 g/mol. The molecule has 9 nitrogen and oxygen atoms in total. The number of thiazole rings is 1. The molecule has 2 aromatic heterocycles. The summed E-state index contributed by atoms with van der Waals surface area (Å²) < 4.78 is 0. The Hall–Kier alpha value is -3.67. The maximum absolute atomic E-state index is 12.9. The highest BCUT2D eigenvalue weighted by atomic mass is 32.1. The van der Waals surface area contributed by atoms with Gasteiger partial charge in [0.15, 0.2) is 0 Å². The Morgan fingerprint density at radius 3 is 2.67 bits per heavy atom. The summed E-state index contributed by atoms with van der Waals surface area (Å²) in [6, 6.07) is 11.6. The highest BCUT2D eigenvalue weighted by Gasteiger charge is 2.35. The Morgan fingerprint density at radius 2 is 1.92 bits per heavy atom. The molecule has 0 saturated carbocycles. The van der Waals surface area contributed by atoms with E-state index in [0.717, 1.165) is 40.4 Å². The Kier molecular flexibility index (Phi) is 7.36. The summed E-state index contributed by atoms with van der Waals surface area (Å²) in [5.41, 5.74) is 2.78. The highest BCUT2D eigenvalue weighted by molar-refractivity contribution is 7.18. The number of nitrogens with zero attached hydrogens (tertiary/aromatic N) is 3. The van der Waals surface area contributed by atoms with Crippen LogP contribution in [0.5, 0.6) is 0 Å². The predicted molar refractivity (Wildman–Crippen MR) is 153 cm³/mol. The van der Waals surface area contributed by atoms with Crippen molar-refractivity contribution in [2.75, 3.05) is 31.5 Å². The van der Waals surface area contributed by atoms with Gasteiger partial charge in [-0.3, -0.25) is 19.4 Å². The summed E-state index contributed by atoms with van der Waals surface area (Å²) in [5, 5.41) is 10.8. The SMILES string of the molecule is O=C(NCc1ccc(-c2cnc(C3CN(C(=O)c4ccc(NC(=O)[C@@H]5CCCN5)s4)C3)s2)cc1)C1=CC=NC1. The molecule has 0 unspecified atom stereocenters. The molecule has 2 saturated heterocycles. The number of carbonyl (C=O) groups excluding carboxylic acids is 3. The molecule has 2 fully saturated rings. The molecule has 39 heavy (non-hydrogen) atoms. The first-order chi connectivity index (χ1) is 19.0. The van der Waals surface area contributed by atoms with Crippen LogP contribution in [0.15, 0.2) is 59.2 Å². The number of aliphatic imine (C=N–C) groups is 1. The minimum absolute atomic E-state index is 0.00746. The Bertz CT molecular complexity index is 1450. The second-order valence-corrected chi connectivity index (χ2v) is 12.0. The first-order valence-corrected chi connectivity index (χ1v) is 14.6. The topological polar surface area (TPSA) is 116 Å². The average Bonchev–Trinajstić information content (AvgIpc) is 3.74. The van der Waals surface area contributed by atoms with Crippen molar-refractivity contribution in [1.29, 1.82) is 0 Å². The maximum Gasteiger partial charge on any atom is 0.264 e. The van der Waals surface area contributed by atoms with Gasteiger partial charge < -0.3 is 20.9 Å². The number of anilines is 1. The van der Waals surface area contributed by atoms with Crippen molar-refractivity contribution in [2.45, 2.75) is 31.3 Å². The lowest BCUT2D eigenvalue weighted by molar-refractivity contribution is -0.118. The first kappa shape index (κ1) is 25.6. The van der Waals surface area contributed by atoms with Gasteiger partial charge >= 0.3 is 0 Å². The maximum atomic E-state index is 12.9. The van der Waals surface area contributed by atoms with E-state index < -0.39 is 0 Å². The summed E-state index contributed by atoms with van der Waals surface area (Å²) in [6.45, 7) is 3.05. The van der Waals surface area contributed by atoms with E-state index in [1.54, 1.807) is 35.8 Å². The van der Waals surface area contributed by atoms with Crippen LogP contribution < -0.4 is 16.0 Å². The Labute approximate surface area is 234 Å². The van der Waals surface area contributed by atoms with Crippen molar-refractivity contribution in [2.24, 2.45) is 4.99 Å². The van der Waals surface area contributed by atoms with Crippen LogP contribution in [0, 0.1) is 0 Å². The molecule has 3 N–H and O–H groups in total. The second kappa shape index (κ2) is 11.2. The third-order valence-corrected chi connectivity index (χ3v) is 9.31. The Balaban J connectivity index is 0.989. The van der Waals surface area contributed by atoms with Crippen LogP contribution in [0.3, 0.4) is 0 Å². The van der Waals surface area contributed by atoms with Crippen LogP contribution in [0.2, 0.25) is 0 Å². The molecule has 3 amide bonds. The smallest absolute Gasteiger partial charge is 0.264 e. The molecule has 200 valence electrons.